The van der Waals surface area contributed by atoms with Crippen LogP contribution in [0.25, 0.3) is 0 Å². The van der Waals surface area contributed by atoms with Crippen molar-refractivity contribution in [3.8, 4) is 0 Å². The van der Waals surface area contributed by atoms with Crippen molar-refractivity contribution in [3.05, 3.63) is 51.5 Å². The average Bonchev–Trinajstić information content (AvgIpc) is 2.74. The summed E-state index contributed by atoms with van der Waals surface area (Å²) in [6.45, 7) is 4.48. The van der Waals surface area contributed by atoms with Crippen LogP contribution in [0.5, 0.6) is 0 Å². The van der Waals surface area contributed by atoms with Gasteiger partial charge in [-0.05, 0) is 25.0 Å². The van der Waals surface area contributed by atoms with Gasteiger partial charge in [0.1, 0.15) is 5.69 Å². The summed E-state index contributed by atoms with van der Waals surface area (Å²) >= 11 is 1.49. The van der Waals surface area contributed by atoms with Crippen LogP contribution >= 0.6 is 11.3 Å². The van der Waals surface area contributed by atoms with E-state index in [0.29, 0.717) is 12.2 Å². The molecule has 1 heterocycles. The Labute approximate surface area is 105 Å². The molecule has 0 bridgehead atoms. The van der Waals surface area contributed by atoms with E-state index in [1.807, 2.05) is 38.1 Å². The predicted octanol–water partition coefficient (Wildman–Crippen LogP) is 2.69. The number of nitrogens with one attached hydrogen (secondary N) is 1. The number of carbonyl (C=O) groups excluding carboxylic acids is 1. The van der Waals surface area contributed by atoms with Crippen molar-refractivity contribution >= 4 is 17.2 Å². The first-order chi connectivity index (χ1) is 8.18. The van der Waals surface area contributed by atoms with Gasteiger partial charge in [-0.3, -0.25) is 4.79 Å². The van der Waals surface area contributed by atoms with Gasteiger partial charge in [-0.25, -0.2) is 4.98 Å². The molecule has 0 aliphatic heterocycles. The van der Waals surface area contributed by atoms with Gasteiger partial charge in [-0.2, -0.15) is 0 Å². The first-order valence-corrected chi connectivity index (χ1v) is 6.29. The van der Waals surface area contributed by atoms with E-state index < -0.39 is 0 Å². The summed E-state index contributed by atoms with van der Waals surface area (Å²) in [4.78, 5) is 16.9. The Bertz CT molecular complexity index is 534. The number of aryl methyl sites for hydroxylation is 2. The summed E-state index contributed by atoms with van der Waals surface area (Å²) in [5.74, 6) is -0.105. The lowest BCUT2D eigenvalue weighted by Crippen LogP contribution is -2.24. The molecule has 0 saturated carbocycles. The Hall–Kier alpha value is -1.68. The zero-order chi connectivity index (χ0) is 12.3. The Balaban J connectivity index is 2.02. The molecule has 0 aliphatic rings. The first-order valence-electron chi connectivity index (χ1n) is 5.41. The van der Waals surface area contributed by atoms with Crippen LogP contribution < -0.4 is 5.32 Å². The van der Waals surface area contributed by atoms with Crippen molar-refractivity contribution in [1.29, 1.82) is 0 Å². The molecular formula is C13H14N2OS. The fourth-order valence-electron chi connectivity index (χ4n) is 1.59. The third-order valence-electron chi connectivity index (χ3n) is 2.66. The number of amides is 1. The zero-order valence-electron chi connectivity index (χ0n) is 9.86. The van der Waals surface area contributed by atoms with E-state index in [2.05, 4.69) is 10.3 Å². The van der Waals surface area contributed by atoms with E-state index in [1.54, 1.807) is 5.51 Å². The van der Waals surface area contributed by atoms with E-state index in [0.717, 1.165) is 10.4 Å². The fraction of sp³-hybridized carbons (Fsp3) is 0.231. The topological polar surface area (TPSA) is 42.0 Å². The first kappa shape index (κ1) is 11.8. The maximum atomic E-state index is 11.8. The molecule has 0 fully saturated rings. The lowest BCUT2D eigenvalue weighted by Gasteiger charge is -2.06. The second-order valence-corrected chi connectivity index (χ2v) is 4.93. The number of hydrogen-bond acceptors (Lipinski definition) is 3. The van der Waals surface area contributed by atoms with Crippen molar-refractivity contribution < 1.29 is 4.79 Å². The van der Waals surface area contributed by atoms with E-state index in [4.69, 9.17) is 0 Å². The molecule has 88 valence electrons. The molecular weight excluding hydrogens is 232 g/mol. The number of rotatable bonds is 3. The molecule has 0 atom stereocenters. The van der Waals surface area contributed by atoms with Crippen molar-refractivity contribution in [2.75, 3.05) is 0 Å². The summed E-state index contributed by atoms with van der Waals surface area (Å²) in [6.07, 6.45) is 0. The Morgan fingerprint density at radius 2 is 2.12 bits per heavy atom. The molecule has 1 amide bonds. The molecule has 2 aromatic rings. The molecule has 2 rings (SSSR count). The van der Waals surface area contributed by atoms with E-state index >= 15 is 0 Å². The summed E-state index contributed by atoms with van der Waals surface area (Å²) in [6, 6.07) is 8.02. The number of aromatic nitrogens is 1. The Morgan fingerprint density at radius 1 is 1.35 bits per heavy atom. The number of hydrogen-bond donors (Lipinski definition) is 1. The Morgan fingerprint density at radius 3 is 2.76 bits per heavy atom. The highest BCUT2D eigenvalue weighted by atomic mass is 32.1. The lowest BCUT2D eigenvalue weighted by molar-refractivity contribution is 0.0946. The molecule has 17 heavy (non-hydrogen) atoms. The van der Waals surface area contributed by atoms with Crippen molar-refractivity contribution in [1.82, 2.24) is 10.3 Å². The summed E-state index contributed by atoms with van der Waals surface area (Å²) in [7, 11) is 0. The normalized spacial score (nSPS) is 10.2. The summed E-state index contributed by atoms with van der Waals surface area (Å²) in [5.41, 5.74) is 4.54. The van der Waals surface area contributed by atoms with Crippen LogP contribution in [0.2, 0.25) is 0 Å². The minimum Gasteiger partial charge on any atom is -0.347 e. The minimum absolute atomic E-state index is 0.105. The zero-order valence-corrected chi connectivity index (χ0v) is 10.7. The van der Waals surface area contributed by atoms with Gasteiger partial charge in [0, 0.05) is 11.4 Å². The van der Waals surface area contributed by atoms with Crippen molar-refractivity contribution in [2.24, 2.45) is 0 Å². The molecule has 1 N–H and O–H groups in total. The van der Waals surface area contributed by atoms with Gasteiger partial charge in [0.25, 0.3) is 5.91 Å². The van der Waals surface area contributed by atoms with Crippen molar-refractivity contribution in [2.45, 2.75) is 20.4 Å². The predicted molar refractivity (Wildman–Crippen MR) is 69.2 cm³/mol. The third-order valence-corrected chi connectivity index (χ3v) is 3.42. The van der Waals surface area contributed by atoms with Gasteiger partial charge >= 0.3 is 0 Å². The molecule has 1 aromatic carbocycles. The monoisotopic (exact) mass is 246 g/mol. The lowest BCUT2D eigenvalue weighted by atomic mass is 10.1. The third kappa shape index (κ3) is 2.71. The largest absolute Gasteiger partial charge is 0.347 e. The SMILES string of the molecule is Cc1ccccc1CNC(=O)c1ncsc1C. The van der Waals surface area contributed by atoms with E-state index in [1.165, 1.54) is 16.9 Å². The fourth-order valence-corrected chi connectivity index (χ4v) is 2.16. The maximum Gasteiger partial charge on any atom is 0.271 e. The van der Waals surface area contributed by atoms with Crippen LogP contribution in [-0.4, -0.2) is 10.9 Å². The second-order valence-electron chi connectivity index (χ2n) is 3.87. The second kappa shape index (κ2) is 5.10. The molecule has 0 unspecified atom stereocenters. The molecule has 0 radical (unpaired) electrons. The number of benzene rings is 1. The van der Waals surface area contributed by atoms with Gasteiger partial charge in [0.05, 0.1) is 5.51 Å². The quantitative estimate of drug-likeness (QED) is 0.904. The highest BCUT2D eigenvalue weighted by molar-refractivity contribution is 7.09. The number of nitrogens with zero attached hydrogens (tertiary/aromatic N) is 1. The maximum absolute atomic E-state index is 11.8. The van der Waals surface area contributed by atoms with E-state index in [-0.39, 0.29) is 5.91 Å². The highest BCUT2D eigenvalue weighted by Gasteiger charge is 2.11. The summed E-state index contributed by atoms with van der Waals surface area (Å²) < 4.78 is 0. The van der Waals surface area contributed by atoms with Gasteiger partial charge < -0.3 is 5.32 Å². The van der Waals surface area contributed by atoms with Gasteiger partial charge in [0.15, 0.2) is 0 Å². The van der Waals surface area contributed by atoms with Crippen LogP contribution in [0.1, 0.15) is 26.5 Å². The number of thiazole rings is 1. The number of carbonyl (C=O) groups is 1. The van der Waals surface area contributed by atoms with Crippen LogP contribution in [0.3, 0.4) is 0 Å². The average molecular weight is 246 g/mol. The molecule has 4 heteroatoms. The van der Waals surface area contributed by atoms with Crippen LogP contribution in [-0.2, 0) is 6.54 Å². The van der Waals surface area contributed by atoms with E-state index in [9.17, 15) is 4.79 Å². The molecule has 3 nitrogen and oxygen atoms in total. The van der Waals surface area contributed by atoms with Gasteiger partial charge in [0.2, 0.25) is 0 Å². The molecule has 0 saturated heterocycles. The molecule has 1 aromatic heterocycles. The standard InChI is InChI=1S/C13H14N2OS/c1-9-5-3-4-6-11(9)7-14-13(16)12-10(2)17-8-15-12/h3-6,8H,7H2,1-2H3,(H,14,16). The van der Waals surface area contributed by atoms with Gasteiger partial charge in [-0.15, -0.1) is 11.3 Å². The summed E-state index contributed by atoms with van der Waals surface area (Å²) in [5, 5.41) is 2.89. The smallest absolute Gasteiger partial charge is 0.271 e. The highest BCUT2D eigenvalue weighted by Crippen LogP contribution is 2.11. The van der Waals surface area contributed by atoms with Crippen molar-refractivity contribution in [3.63, 3.8) is 0 Å². The molecule has 0 aliphatic carbocycles. The van der Waals surface area contributed by atoms with Crippen LogP contribution in [0, 0.1) is 13.8 Å². The Kier molecular flexibility index (Phi) is 3.54. The van der Waals surface area contributed by atoms with Crippen LogP contribution in [0.4, 0.5) is 0 Å². The minimum atomic E-state index is -0.105. The molecule has 0 spiro atoms. The van der Waals surface area contributed by atoms with Crippen LogP contribution in [0.15, 0.2) is 29.8 Å². The van der Waals surface area contributed by atoms with Gasteiger partial charge in [-0.1, -0.05) is 24.3 Å².